The van der Waals surface area contributed by atoms with Crippen LogP contribution in [0.5, 0.6) is 0 Å². The lowest BCUT2D eigenvalue weighted by Gasteiger charge is -2.06. The SMILES string of the molecule is Cc1ccc(CCCNC(=O)CSCc2ccc(Cl)c(Cl)c2)cc1. The minimum atomic E-state index is 0.0731. The number of hydrogen-bond donors (Lipinski definition) is 1. The van der Waals surface area contributed by atoms with E-state index >= 15 is 0 Å². The van der Waals surface area contributed by atoms with Crippen molar-refractivity contribution >= 4 is 40.9 Å². The Bertz CT molecular complexity index is 674. The molecule has 0 aliphatic carbocycles. The number of aryl methyl sites for hydroxylation is 2. The summed E-state index contributed by atoms with van der Waals surface area (Å²) in [6, 6.07) is 14.1. The minimum absolute atomic E-state index is 0.0731. The normalized spacial score (nSPS) is 10.6. The first-order chi connectivity index (χ1) is 11.5. The highest BCUT2D eigenvalue weighted by molar-refractivity contribution is 7.99. The second-order valence-electron chi connectivity index (χ2n) is 5.68. The summed E-state index contributed by atoms with van der Waals surface area (Å²) in [4.78, 5) is 11.8. The van der Waals surface area contributed by atoms with Crippen molar-refractivity contribution in [3.63, 3.8) is 0 Å². The Kier molecular flexibility index (Phi) is 7.97. The number of amides is 1. The van der Waals surface area contributed by atoms with E-state index in [2.05, 4.69) is 36.5 Å². The molecular weight excluding hydrogens is 361 g/mol. The highest BCUT2D eigenvalue weighted by atomic mass is 35.5. The molecule has 0 unspecified atom stereocenters. The molecule has 0 aliphatic rings. The summed E-state index contributed by atoms with van der Waals surface area (Å²) in [6.45, 7) is 2.79. The molecule has 0 aliphatic heterocycles. The molecule has 0 saturated carbocycles. The van der Waals surface area contributed by atoms with Crippen molar-refractivity contribution in [3.05, 3.63) is 69.2 Å². The Morgan fingerprint density at radius 1 is 1.04 bits per heavy atom. The van der Waals surface area contributed by atoms with Crippen molar-refractivity contribution in [1.29, 1.82) is 0 Å². The van der Waals surface area contributed by atoms with Crippen LogP contribution in [0.25, 0.3) is 0 Å². The monoisotopic (exact) mass is 381 g/mol. The lowest BCUT2D eigenvalue weighted by atomic mass is 10.1. The molecule has 2 rings (SSSR count). The molecule has 0 saturated heterocycles. The average Bonchev–Trinajstić information content (AvgIpc) is 2.56. The van der Waals surface area contributed by atoms with E-state index in [0.717, 1.165) is 24.2 Å². The van der Waals surface area contributed by atoms with Crippen molar-refractivity contribution in [2.75, 3.05) is 12.3 Å². The van der Waals surface area contributed by atoms with E-state index in [4.69, 9.17) is 23.2 Å². The second-order valence-corrected chi connectivity index (χ2v) is 7.48. The summed E-state index contributed by atoms with van der Waals surface area (Å²) >= 11 is 13.4. The molecule has 0 spiro atoms. The third kappa shape index (κ3) is 6.76. The number of benzene rings is 2. The predicted octanol–water partition coefficient (Wildman–Crippen LogP) is 5.28. The van der Waals surface area contributed by atoms with Crippen molar-refractivity contribution < 1.29 is 4.79 Å². The van der Waals surface area contributed by atoms with Gasteiger partial charge >= 0.3 is 0 Å². The number of carbonyl (C=O) groups excluding carboxylic acids is 1. The zero-order chi connectivity index (χ0) is 17.4. The molecule has 0 heterocycles. The highest BCUT2D eigenvalue weighted by Gasteiger charge is 2.04. The van der Waals surface area contributed by atoms with Crippen LogP contribution in [0.2, 0.25) is 10.0 Å². The lowest BCUT2D eigenvalue weighted by molar-refractivity contribution is -0.118. The number of thioether (sulfide) groups is 1. The fraction of sp³-hybridized carbons (Fsp3) is 0.316. The summed E-state index contributed by atoms with van der Waals surface area (Å²) in [7, 11) is 0. The fourth-order valence-electron chi connectivity index (χ4n) is 2.22. The molecule has 0 atom stereocenters. The van der Waals surface area contributed by atoms with Crippen LogP contribution >= 0.6 is 35.0 Å². The Hall–Kier alpha value is -1.16. The van der Waals surface area contributed by atoms with Crippen molar-refractivity contribution in [1.82, 2.24) is 5.32 Å². The van der Waals surface area contributed by atoms with Gasteiger partial charge < -0.3 is 5.32 Å². The Morgan fingerprint density at radius 3 is 2.46 bits per heavy atom. The second kappa shape index (κ2) is 9.97. The highest BCUT2D eigenvalue weighted by Crippen LogP contribution is 2.24. The van der Waals surface area contributed by atoms with Gasteiger partial charge in [0.25, 0.3) is 0 Å². The zero-order valence-electron chi connectivity index (χ0n) is 13.6. The van der Waals surface area contributed by atoms with Crippen LogP contribution in [0, 0.1) is 6.92 Å². The van der Waals surface area contributed by atoms with Crippen LogP contribution in [0.15, 0.2) is 42.5 Å². The van der Waals surface area contributed by atoms with Gasteiger partial charge in [-0.2, -0.15) is 0 Å². The largest absolute Gasteiger partial charge is 0.355 e. The van der Waals surface area contributed by atoms with Crippen LogP contribution < -0.4 is 5.32 Å². The summed E-state index contributed by atoms with van der Waals surface area (Å²) in [5.41, 5.74) is 3.65. The van der Waals surface area contributed by atoms with Gasteiger partial charge in [-0.25, -0.2) is 0 Å². The van der Waals surface area contributed by atoms with Crippen molar-refractivity contribution in [3.8, 4) is 0 Å². The molecule has 2 aromatic rings. The first-order valence-corrected chi connectivity index (χ1v) is 9.79. The number of halogens is 2. The van der Waals surface area contributed by atoms with E-state index in [1.54, 1.807) is 17.8 Å². The predicted molar refractivity (Wildman–Crippen MR) is 105 cm³/mol. The molecule has 5 heteroatoms. The van der Waals surface area contributed by atoms with E-state index in [1.807, 2.05) is 12.1 Å². The molecule has 2 nitrogen and oxygen atoms in total. The van der Waals surface area contributed by atoms with Gasteiger partial charge in [0, 0.05) is 12.3 Å². The van der Waals surface area contributed by atoms with Crippen LogP contribution in [-0.2, 0) is 17.0 Å². The van der Waals surface area contributed by atoms with Crippen LogP contribution in [0.1, 0.15) is 23.1 Å². The summed E-state index contributed by atoms with van der Waals surface area (Å²) in [5.74, 6) is 1.27. The number of rotatable bonds is 8. The van der Waals surface area contributed by atoms with Gasteiger partial charge in [0.15, 0.2) is 0 Å². The van der Waals surface area contributed by atoms with Gasteiger partial charge in [0.1, 0.15) is 0 Å². The number of hydrogen-bond acceptors (Lipinski definition) is 2. The van der Waals surface area contributed by atoms with E-state index in [1.165, 1.54) is 11.1 Å². The summed E-state index contributed by atoms with van der Waals surface area (Å²) < 4.78 is 0. The van der Waals surface area contributed by atoms with Gasteiger partial charge in [-0.1, -0.05) is 59.1 Å². The molecule has 24 heavy (non-hydrogen) atoms. The first-order valence-electron chi connectivity index (χ1n) is 7.88. The quantitative estimate of drug-likeness (QED) is 0.629. The molecule has 128 valence electrons. The van der Waals surface area contributed by atoms with Gasteiger partial charge in [-0.15, -0.1) is 11.8 Å². The zero-order valence-corrected chi connectivity index (χ0v) is 16.0. The molecule has 0 fully saturated rings. The Labute approximate surface area is 157 Å². The van der Waals surface area contributed by atoms with Crippen molar-refractivity contribution in [2.45, 2.75) is 25.5 Å². The molecular formula is C19H21Cl2NOS. The Balaban J connectivity index is 1.59. The first kappa shape index (κ1) is 19.2. The lowest BCUT2D eigenvalue weighted by Crippen LogP contribution is -2.26. The van der Waals surface area contributed by atoms with Crippen LogP contribution in [0.3, 0.4) is 0 Å². The topological polar surface area (TPSA) is 29.1 Å². The summed E-state index contributed by atoms with van der Waals surface area (Å²) in [5, 5.41) is 4.07. The van der Waals surface area contributed by atoms with Crippen molar-refractivity contribution in [2.24, 2.45) is 0 Å². The maximum absolute atomic E-state index is 11.8. The standard InChI is InChI=1S/C19H21Cl2NOS/c1-14-4-6-15(7-5-14)3-2-10-22-19(23)13-24-12-16-8-9-17(20)18(21)11-16/h4-9,11H,2-3,10,12-13H2,1H3,(H,22,23). The molecule has 1 amide bonds. The third-order valence-corrected chi connectivity index (χ3v) is 5.31. The molecule has 0 bridgehead atoms. The van der Waals surface area contributed by atoms with E-state index in [-0.39, 0.29) is 5.91 Å². The van der Waals surface area contributed by atoms with E-state index in [9.17, 15) is 4.79 Å². The maximum atomic E-state index is 11.8. The smallest absolute Gasteiger partial charge is 0.230 e. The number of nitrogens with one attached hydrogen (secondary N) is 1. The van der Waals surface area contributed by atoms with Gasteiger partial charge in [-0.05, 0) is 43.0 Å². The fourth-order valence-corrected chi connectivity index (χ4v) is 3.34. The average molecular weight is 382 g/mol. The third-order valence-electron chi connectivity index (χ3n) is 3.57. The van der Waals surface area contributed by atoms with E-state index in [0.29, 0.717) is 22.3 Å². The van der Waals surface area contributed by atoms with Gasteiger partial charge in [0.05, 0.1) is 15.8 Å². The minimum Gasteiger partial charge on any atom is -0.355 e. The van der Waals surface area contributed by atoms with Crippen LogP contribution in [-0.4, -0.2) is 18.2 Å². The summed E-state index contributed by atoms with van der Waals surface area (Å²) in [6.07, 6.45) is 1.93. The van der Waals surface area contributed by atoms with Gasteiger partial charge in [0.2, 0.25) is 5.91 Å². The maximum Gasteiger partial charge on any atom is 0.230 e. The molecule has 0 aromatic heterocycles. The number of carbonyl (C=O) groups is 1. The molecule has 2 aromatic carbocycles. The van der Waals surface area contributed by atoms with E-state index < -0.39 is 0 Å². The molecule has 1 N–H and O–H groups in total. The van der Waals surface area contributed by atoms with Gasteiger partial charge in [-0.3, -0.25) is 4.79 Å². The Morgan fingerprint density at radius 2 is 1.75 bits per heavy atom. The molecule has 0 radical (unpaired) electrons. The van der Waals surface area contributed by atoms with Crippen LogP contribution in [0.4, 0.5) is 0 Å².